The number of carboxylic acids is 1. The van der Waals surface area contributed by atoms with Crippen LogP contribution in [0.4, 0.5) is 0 Å². The zero-order valence-electron chi connectivity index (χ0n) is 11.3. The summed E-state index contributed by atoms with van der Waals surface area (Å²) in [5.74, 6) is -0.281. The molecular formula is C14H17N3O3. The minimum absolute atomic E-state index is 0.0724. The summed E-state index contributed by atoms with van der Waals surface area (Å²) in [5, 5.41) is 11.1. The van der Waals surface area contributed by atoms with Crippen LogP contribution in [0, 0.1) is 0 Å². The molecule has 0 saturated heterocycles. The van der Waals surface area contributed by atoms with Crippen molar-refractivity contribution in [1.29, 1.82) is 0 Å². The molecule has 6 nitrogen and oxygen atoms in total. The Labute approximate surface area is 116 Å². The van der Waals surface area contributed by atoms with Crippen LogP contribution in [-0.4, -0.2) is 33.1 Å². The van der Waals surface area contributed by atoms with Crippen molar-refractivity contribution in [2.75, 3.05) is 6.54 Å². The van der Waals surface area contributed by atoms with Gasteiger partial charge in [-0.05, 0) is 12.1 Å². The van der Waals surface area contributed by atoms with E-state index in [1.165, 1.54) is 0 Å². The largest absolute Gasteiger partial charge is 0.481 e. The molecule has 0 bridgehead atoms. The van der Waals surface area contributed by atoms with Crippen molar-refractivity contribution in [3.05, 3.63) is 30.1 Å². The highest BCUT2D eigenvalue weighted by molar-refractivity contribution is 5.81. The number of aromatic nitrogens is 2. The molecule has 20 heavy (non-hydrogen) atoms. The van der Waals surface area contributed by atoms with E-state index in [4.69, 9.17) is 5.11 Å². The normalized spacial score (nSPS) is 10.7. The Morgan fingerprint density at radius 2 is 2.10 bits per heavy atom. The molecule has 2 aromatic rings. The van der Waals surface area contributed by atoms with Gasteiger partial charge in [0, 0.05) is 13.0 Å². The van der Waals surface area contributed by atoms with E-state index in [9.17, 15) is 9.59 Å². The van der Waals surface area contributed by atoms with Gasteiger partial charge in [-0.3, -0.25) is 9.59 Å². The number of nitrogens with one attached hydrogen (secondary N) is 1. The lowest BCUT2D eigenvalue weighted by atomic mass is 10.3. The van der Waals surface area contributed by atoms with Crippen molar-refractivity contribution in [1.82, 2.24) is 14.9 Å². The van der Waals surface area contributed by atoms with E-state index in [0.717, 1.165) is 23.3 Å². The van der Waals surface area contributed by atoms with Crippen molar-refractivity contribution in [2.45, 2.75) is 26.3 Å². The van der Waals surface area contributed by atoms with Gasteiger partial charge in [0.2, 0.25) is 5.91 Å². The van der Waals surface area contributed by atoms with Gasteiger partial charge in [-0.15, -0.1) is 0 Å². The Balaban J connectivity index is 2.12. The standard InChI is InChI=1S/C14H17N3O3/c1-2-12-16-10-5-3-4-6-11(10)17(12)9-13(18)15-8-7-14(19)20/h3-6H,2,7-9H2,1H3,(H,15,18)(H,19,20). The summed E-state index contributed by atoms with van der Waals surface area (Å²) in [6, 6.07) is 7.65. The average molecular weight is 275 g/mol. The molecule has 0 atom stereocenters. The predicted molar refractivity (Wildman–Crippen MR) is 74.4 cm³/mol. The van der Waals surface area contributed by atoms with Crippen LogP contribution in [0.1, 0.15) is 19.2 Å². The maximum absolute atomic E-state index is 11.9. The minimum atomic E-state index is -0.923. The van der Waals surface area contributed by atoms with E-state index in [1.54, 1.807) is 0 Å². The lowest BCUT2D eigenvalue weighted by molar-refractivity contribution is -0.136. The summed E-state index contributed by atoms with van der Waals surface area (Å²) in [6.07, 6.45) is 0.661. The van der Waals surface area contributed by atoms with Crippen molar-refractivity contribution < 1.29 is 14.7 Å². The summed E-state index contributed by atoms with van der Waals surface area (Å²) in [7, 11) is 0. The molecule has 0 fully saturated rings. The van der Waals surface area contributed by atoms with E-state index in [0.29, 0.717) is 0 Å². The SMILES string of the molecule is CCc1nc2ccccc2n1CC(=O)NCCC(=O)O. The number of rotatable bonds is 6. The number of aliphatic carboxylic acids is 1. The van der Waals surface area contributed by atoms with Gasteiger partial charge >= 0.3 is 5.97 Å². The summed E-state index contributed by atoms with van der Waals surface area (Å²) in [4.78, 5) is 26.7. The first-order chi connectivity index (χ1) is 9.61. The van der Waals surface area contributed by atoms with E-state index < -0.39 is 5.97 Å². The molecule has 2 rings (SSSR count). The third kappa shape index (κ3) is 3.14. The van der Waals surface area contributed by atoms with Crippen molar-refractivity contribution >= 4 is 22.9 Å². The highest BCUT2D eigenvalue weighted by Crippen LogP contribution is 2.16. The van der Waals surface area contributed by atoms with E-state index >= 15 is 0 Å². The second kappa shape index (κ2) is 6.18. The Hall–Kier alpha value is -2.37. The molecule has 0 saturated carbocycles. The Morgan fingerprint density at radius 3 is 2.80 bits per heavy atom. The first-order valence-electron chi connectivity index (χ1n) is 6.54. The molecule has 106 valence electrons. The van der Waals surface area contributed by atoms with Gasteiger partial charge in [-0.25, -0.2) is 4.98 Å². The van der Waals surface area contributed by atoms with Gasteiger partial charge in [0.15, 0.2) is 0 Å². The average Bonchev–Trinajstić information content (AvgIpc) is 2.76. The molecule has 1 amide bonds. The molecule has 0 aliphatic rings. The number of hydrogen-bond acceptors (Lipinski definition) is 3. The topological polar surface area (TPSA) is 84.2 Å². The van der Waals surface area contributed by atoms with Gasteiger partial charge in [0.25, 0.3) is 0 Å². The number of para-hydroxylation sites is 2. The Bertz CT molecular complexity index is 634. The highest BCUT2D eigenvalue weighted by Gasteiger charge is 2.12. The molecule has 0 aliphatic carbocycles. The van der Waals surface area contributed by atoms with Crippen LogP contribution >= 0.6 is 0 Å². The maximum atomic E-state index is 11.9. The molecule has 1 aromatic carbocycles. The molecule has 2 N–H and O–H groups in total. The number of carboxylic acid groups (broad SMARTS) is 1. The molecule has 0 spiro atoms. The summed E-state index contributed by atoms with van der Waals surface area (Å²) in [5.41, 5.74) is 1.78. The van der Waals surface area contributed by atoms with E-state index in [2.05, 4.69) is 10.3 Å². The molecule has 0 radical (unpaired) electrons. The van der Waals surface area contributed by atoms with Crippen LogP contribution in [-0.2, 0) is 22.6 Å². The van der Waals surface area contributed by atoms with Crippen molar-refractivity contribution in [3.63, 3.8) is 0 Å². The number of benzene rings is 1. The van der Waals surface area contributed by atoms with Gasteiger partial charge in [-0.2, -0.15) is 0 Å². The van der Waals surface area contributed by atoms with Crippen molar-refractivity contribution in [2.24, 2.45) is 0 Å². The quantitative estimate of drug-likeness (QED) is 0.829. The molecule has 0 aliphatic heterocycles. The minimum Gasteiger partial charge on any atom is -0.481 e. The monoisotopic (exact) mass is 275 g/mol. The van der Waals surface area contributed by atoms with Gasteiger partial charge < -0.3 is 15.0 Å². The second-order valence-electron chi connectivity index (χ2n) is 4.45. The van der Waals surface area contributed by atoms with Crippen LogP contribution in [0.3, 0.4) is 0 Å². The number of amides is 1. The molecule has 6 heteroatoms. The fraction of sp³-hybridized carbons (Fsp3) is 0.357. The van der Waals surface area contributed by atoms with Crippen LogP contribution in [0.5, 0.6) is 0 Å². The first kappa shape index (κ1) is 14.0. The highest BCUT2D eigenvalue weighted by atomic mass is 16.4. The molecule has 0 unspecified atom stereocenters. The lowest BCUT2D eigenvalue weighted by Crippen LogP contribution is -2.30. The smallest absolute Gasteiger partial charge is 0.305 e. The predicted octanol–water partition coefficient (Wildman–Crippen LogP) is 1.19. The Morgan fingerprint density at radius 1 is 1.35 bits per heavy atom. The van der Waals surface area contributed by atoms with Crippen LogP contribution in [0.15, 0.2) is 24.3 Å². The number of imidazole rings is 1. The molecular weight excluding hydrogens is 258 g/mol. The zero-order chi connectivity index (χ0) is 14.5. The third-order valence-electron chi connectivity index (χ3n) is 3.01. The lowest BCUT2D eigenvalue weighted by Gasteiger charge is -2.08. The summed E-state index contributed by atoms with van der Waals surface area (Å²) in [6.45, 7) is 2.28. The third-order valence-corrected chi connectivity index (χ3v) is 3.01. The number of hydrogen-bond donors (Lipinski definition) is 2. The first-order valence-corrected chi connectivity index (χ1v) is 6.54. The zero-order valence-corrected chi connectivity index (χ0v) is 11.3. The van der Waals surface area contributed by atoms with Crippen LogP contribution in [0.25, 0.3) is 11.0 Å². The number of carbonyl (C=O) groups excluding carboxylic acids is 1. The van der Waals surface area contributed by atoms with E-state index in [-0.39, 0.29) is 25.4 Å². The van der Waals surface area contributed by atoms with Crippen LogP contribution in [0.2, 0.25) is 0 Å². The molecule has 1 aromatic heterocycles. The van der Waals surface area contributed by atoms with E-state index in [1.807, 2.05) is 35.8 Å². The molecule has 1 heterocycles. The fourth-order valence-electron chi connectivity index (χ4n) is 2.08. The Kier molecular flexibility index (Phi) is 4.34. The second-order valence-corrected chi connectivity index (χ2v) is 4.45. The maximum Gasteiger partial charge on any atom is 0.305 e. The summed E-state index contributed by atoms with van der Waals surface area (Å²) < 4.78 is 1.87. The number of fused-ring (bicyclic) bond motifs is 1. The van der Waals surface area contributed by atoms with Crippen molar-refractivity contribution in [3.8, 4) is 0 Å². The summed E-state index contributed by atoms with van der Waals surface area (Å²) >= 11 is 0. The van der Waals surface area contributed by atoms with Gasteiger partial charge in [-0.1, -0.05) is 19.1 Å². The number of aryl methyl sites for hydroxylation is 1. The fourth-order valence-corrected chi connectivity index (χ4v) is 2.08. The van der Waals surface area contributed by atoms with Crippen LogP contribution < -0.4 is 5.32 Å². The van der Waals surface area contributed by atoms with Gasteiger partial charge in [0.1, 0.15) is 12.4 Å². The number of carbonyl (C=O) groups is 2. The number of nitrogens with zero attached hydrogens (tertiary/aromatic N) is 2. The van der Waals surface area contributed by atoms with Gasteiger partial charge in [0.05, 0.1) is 17.5 Å².